The van der Waals surface area contributed by atoms with Gasteiger partial charge in [-0.15, -0.1) is 0 Å². The van der Waals surface area contributed by atoms with E-state index in [-0.39, 0.29) is 5.78 Å². The maximum atomic E-state index is 11.3. The molecule has 1 rings (SSSR count). The zero-order chi connectivity index (χ0) is 12.7. The predicted octanol–water partition coefficient (Wildman–Crippen LogP) is 4.34. The predicted molar refractivity (Wildman–Crippen MR) is 77.7 cm³/mol. The van der Waals surface area contributed by atoms with Crippen LogP contribution in [0.2, 0.25) is 18.1 Å². The Kier molecular flexibility index (Phi) is 6.34. The Morgan fingerprint density at radius 1 is 1.18 bits per heavy atom. The molecule has 1 aliphatic heterocycles. The third-order valence-electron chi connectivity index (χ3n) is 3.07. The van der Waals surface area contributed by atoms with Crippen LogP contribution in [0.4, 0.5) is 0 Å². The van der Waals surface area contributed by atoms with Gasteiger partial charge in [-0.25, -0.2) is 0 Å². The first kappa shape index (κ1) is 14.8. The van der Waals surface area contributed by atoms with Gasteiger partial charge in [-0.3, -0.25) is 4.79 Å². The second kappa shape index (κ2) is 7.26. The average molecular weight is 272 g/mol. The van der Waals surface area contributed by atoms with Crippen molar-refractivity contribution in [2.75, 3.05) is 5.75 Å². The topological polar surface area (TPSA) is 26.3 Å². The Balaban J connectivity index is 2.72. The standard InChI is InChI=1S/C13H24O2SSi/c1-4-7-17(8-5-2,9-6-3)15-13-10-12(14)11-16-13/h10H,4-9,11H2,1-3H3. The minimum atomic E-state index is -1.63. The van der Waals surface area contributed by atoms with Crippen molar-refractivity contribution in [1.82, 2.24) is 0 Å². The van der Waals surface area contributed by atoms with E-state index in [0.717, 1.165) is 5.09 Å². The molecular weight excluding hydrogens is 248 g/mol. The van der Waals surface area contributed by atoms with Crippen molar-refractivity contribution in [3.63, 3.8) is 0 Å². The molecule has 0 N–H and O–H groups in total. The van der Waals surface area contributed by atoms with Crippen LogP contribution in [-0.2, 0) is 9.22 Å². The van der Waals surface area contributed by atoms with E-state index in [1.165, 1.54) is 37.4 Å². The highest BCUT2D eigenvalue weighted by molar-refractivity contribution is 8.04. The molecule has 0 aromatic carbocycles. The first-order chi connectivity index (χ1) is 8.15. The molecule has 0 atom stereocenters. The molecule has 1 heterocycles. The molecule has 1 aliphatic rings. The van der Waals surface area contributed by atoms with Crippen molar-refractivity contribution in [3.8, 4) is 0 Å². The summed E-state index contributed by atoms with van der Waals surface area (Å²) in [7, 11) is -1.63. The third-order valence-corrected chi connectivity index (χ3v) is 9.02. The van der Waals surface area contributed by atoms with Gasteiger partial charge in [0.2, 0.25) is 0 Å². The normalized spacial score (nSPS) is 16.2. The summed E-state index contributed by atoms with van der Waals surface area (Å²) in [5.74, 6) is 0.780. The lowest BCUT2D eigenvalue weighted by molar-refractivity contribution is -0.112. The maximum absolute atomic E-state index is 11.3. The monoisotopic (exact) mass is 272 g/mol. The molecule has 98 valence electrons. The lowest BCUT2D eigenvalue weighted by Crippen LogP contribution is -2.37. The summed E-state index contributed by atoms with van der Waals surface area (Å²) in [6, 6.07) is 3.67. The Morgan fingerprint density at radius 3 is 2.06 bits per heavy atom. The van der Waals surface area contributed by atoms with E-state index >= 15 is 0 Å². The minimum Gasteiger partial charge on any atom is -0.539 e. The van der Waals surface area contributed by atoms with Crippen LogP contribution in [0.25, 0.3) is 0 Å². The summed E-state index contributed by atoms with van der Waals surface area (Å²) < 4.78 is 6.33. The second-order valence-corrected chi connectivity index (χ2v) is 9.80. The van der Waals surface area contributed by atoms with Crippen LogP contribution in [0.3, 0.4) is 0 Å². The quantitative estimate of drug-likeness (QED) is 0.615. The fourth-order valence-corrected chi connectivity index (χ4v) is 8.15. The summed E-state index contributed by atoms with van der Waals surface area (Å²) in [4.78, 5) is 11.3. The van der Waals surface area contributed by atoms with Gasteiger partial charge in [0, 0.05) is 6.08 Å². The molecule has 0 bridgehead atoms. The van der Waals surface area contributed by atoms with E-state index in [9.17, 15) is 4.79 Å². The highest BCUT2D eigenvalue weighted by Gasteiger charge is 2.35. The zero-order valence-corrected chi connectivity index (χ0v) is 13.1. The molecule has 17 heavy (non-hydrogen) atoms. The fourth-order valence-electron chi connectivity index (χ4n) is 2.52. The van der Waals surface area contributed by atoms with Crippen LogP contribution in [0.15, 0.2) is 11.2 Å². The lowest BCUT2D eigenvalue weighted by atomic mass is 10.4. The smallest absolute Gasteiger partial charge is 0.251 e. The summed E-state index contributed by atoms with van der Waals surface area (Å²) in [5, 5.41) is 0.900. The van der Waals surface area contributed by atoms with Gasteiger partial charge in [0.1, 0.15) is 5.09 Å². The van der Waals surface area contributed by atoms with Crippen molar-refractivity contribution in [2.24, 2.45) is 0 Å². The Hall–Kier alpha value is -0.223. The first-order valence-electron chi connectivity index (χ1n) is 6.72. The van der Waals surface area contributed by atoms with Gasteiger partial charge >= 0.3 is 0 Å². The molecule has 0 aliphatic carbocycles. The molecule has 0 spiro atoms. The van der Waals surface area contributed by atoms with E-state index in [1.807, 2.05) is 0 Å². The number of thioether (sulfide) groups is 1. The van der Waals surface area contributed by atoms with Crippen molar-refractivity contribution in [3.05, 3.63) is 11.2 Å². The number of allylic oxidation sites excluding steroid dienone is 1. The van der Waals surface area contributed by atoms with E-state index in [2.05, 4.69) is 20.8 Å². The molecular formula is C13H24O2SSi. The summed E-state index contributed by atoms with van der Waals surface area (Å²) in [6.07, 6.45) is 5.28. The number of carbonyl (C=O) groups is 1. The van der Waals surface area contributed by atoms with Crippen LogP contribution in [-0.4, -0.2) is 19.9 Å². The number of ketones is 1. The van der Waals surface area contributed by atoms with Crippen LogP contribution >= 0.6 is 11.8 Å². The van der Waals surface area contributed by atoms with Crippen molar-refractivity contribution < 1.29 is 9.22 Å². The Labute approximate surface area is 110 Å². The maximum Gasteiger partial charge on any atom is 0.251 e. The molecule has 0 fully saturated rings. The SMILES string of the molecule is CCC[Si](CCC)(CCC)OC1=CC(=O)CS1. The number of rotatable bonds is 8. The second-order valence-electron chi connectivity index (χ2n) is 4.75. The fraction of sp³-hybridized carbons (Fsp3) is 0.769. The molecule has 0 unspecified atom stereocenters. The largest absolute Gasteiger partial charge is 0.539 e. The van der Waals surface area contributed by atoms with Crippen molar-refractivity contribution in [1.29, 1.82) is 0 Å². The molecule has 2 nitrogen and oxygen atoms in total. The van der Waals surface area contributed by atoms with Crippen LogP contribution < -0.4 is 0 Å². The number of hydrogen-bond donors (Lipinski definition) is 0. The van der Waals surface area contributed by atoms with Crippen molar-refractivity contribution >= 4 is 25.9 Å². The van der Waals surface area contributed by atoms with Gasteiger partial charge in [0.25, 0.3) is 8.32 Å². The zero-order valence-electron chi connectivity index (χ0n) is 11.3. The molecule has 4 heteroatoms. The summed E-state index contributed by atoms with van der Waals surface area (Å²) in [5.41, 5.74) is 0. The molecule has 0 saturated carbocycles. The first-order valence-corrected chi connectivity index (χ1v) is 10.2. The third kappa shape index (κ3) is 4.51. The van der Waals surface area contributed by atoms with Gasteiger partial charge in [-0.1, -0.05) is 51.8 Å². The Bertz CT molecular complexity index is 272. The van der Waals surface area contributed by atoms with E-state index in [4.69, 9.17) is 4.43 Å². The lowest BCUT2D eigenvalue weighted by Gasteiger charge is -2.31. The van der Waals surface area contributed by atoms with Crippen LogP contribution in [0, 0.1) is 0 Å². The molecule has 0 saturated heterocycles. The molecule has 0 radical (unpaired) electrons. The van der Waals surface area contributed by atoms with Gasteiger partial charge in [0.05, 0.1) is 5.75 Å². The number of hydrogen-bond acceptors (Lipinski definition) is 3. The van der Waals surface area contributed by atoms with Crippen molar-refractivity contribution in [2.45, 2.75) is 58.2 Å². The molecule has 0 amide bonds. The van der Waals surface area contributed by atoms with Gasteiger partial charge in [-0.05, 0) is 18.1 Å². The molecule has 0 aromatic rings. The summed E-state index contributed by atoms with van der Waals surface area (Å²) in [6.45, 7) is 6.70. The van der Waals surface area contributed by atoms with Gasteiger partial charge in [0.15, 0.2) is 5.78 Å². The van der Waals surface area contributed by atoms with Crippen LogP contribution in [0.5, 0.6) is 0 Å². The van der Waals surface area contributed by atoms with E-state index < -0.39 is 8.32 Å². The number of carbonyl (C=O) groups excluding carboxylic acids is 1. The van der Waals surface area contributed by atoms with Gasteiger partial charge < -0.3 is 4.43 Å². The van der Waals surface area contributed by atoms with E-state index in [1.54, 1.807) is 17.8 Å². The summed E-state index contributed by atoms with van der Waals surface area (Å²) >= 11 is 1.58. The highest BCUT2D eigenvalue weighted by Crippen LogP contribution is 2.35. The van der Waals surface area contributed by atoms with E-state index in [0.29, 0.717) is 5.75 Å². The van der Waals surface area contributed by atoms with Crippen LogP contribution in [0.1, 0.15) is 40.0 Å². The highest BCUT2D eigenvalue weighted by atomic mass is 32.2. The minimum absolute atomic E-state index is 0.206. The molecule has 0 aromatic heterocycles. The Morgan fingerprint density at radius 2 is 1.71 bits per heavy atom. The van der Waals surface area contributed by atoms with Gasteiger partial charge in [-0.2, -0.15) is 0 Å². The average Bonchev–Trinajstić information content (AvgIpc) is 2.65.